The monoisotopic (exact) mass is 315 g/mol. The van der Waals surface area contributed by atoms with Crippen LogP contribution in [0.2, 0.25) is 0 Å². The zero-order chi connectivity index (χ0) is 13.9. The van der Waals surface area contributed by atoms with Crippen LogP contribution in [0.5, 0.6) is 5.75 Å². The number of benzene rings is 1. The van der Waals surface area contributed by atoms with E-state index in [2.05, 4.69) is 15.9 Å². The van der Waals surface area contributed by atoms with Crippen molar-refractivity contribution >= 4 is 21.8 Å². The maximum Gasteiger partial charge on any atom is 0.262 e. The third-order valence-corrected chi connectivity index (χ3v) is 3.01. The topological polar surface area (TPSA) is 49.8 Å². The molecule has 100 valence electrons. The molecule has 1 aromatic rings. The number of amides is 1. The number of aliphatic hydroxyl groups excluding tert-OH is 1. The summed E-state index contributed by atoms with van der Waals surface area (Å²) >= 11 is 3.34. The molecule has 5 heteroatoms. The van der Waals surface area contributed by atoms with E-state index in [4.69, 9.17) is 4.74 Å². The Kier molecular flexibility index (Phi) is 5.16. The molecule has 18 heavy (non-hydrogen) atoms. The number of aliphatic hydroxyl groups is 1. The van der Waals surface area contributed by atoms with Crippen LogP contribution < -0.4 is 4.74 Å². The van der Waals surface area contributed by atoms with Gasteiger partial charge in [-0.15, -0.1) is 0 Å². The van der Waals surface area contributed by atoms with Gasteiger partial charge in [-0.05, 0) is 32.0 Å². The van der Waals surface area contributed by atoms with Crippen LogP contribution in [0, 0.1) is 0 Å². The van der Waals surface area contributed by atoms with Gasteiger partial charge in [-0.3, -0.25) is 4.79 Å². The Bertz CT molecular complexity index is 432. The predicted molar refractivity (Wildman–Crippen MR) is 73.6 cm³/mol. The highest BCUT2D eigenvalue weighted by Crippen LogP contribution is 2.29. The smallest absolute Gasteiger partial charge is 0.262 e. The second kappa shape index (κ2) is 6.20. The Labute approximate surface area is 116 Å². The Morgan fingerprint density at radius 3 is 2.50 bits per heavy atom. The Balaban J connectivity index is 2.94. The number of ether oxygens (including phenoxy) is 1. The third kappa shape index (κ3) is 3.71. The highest BCUT2D eigenvalue weighted by Gasteiger charge is 2.19. The summed E-state index contributed by atoms with van der Waals surface area (Å²) in [6, 6.07) is 5.34. The van der Waals surface area contributed by atoms with Crippen LogP contribution in [-0.4, -0.2) is 36.1 Å². The first-order valence-electron chi connectivity index (χ1n) is 5.68. The van der Waals surface area contributed by atoms with Gasteiger partial charge >= 0.3 is 0 Å². The quantitative estimate of drug-likeness (QED) is 0.928. The predicted octanol–water partition coefficient (Wildman–Crippen LogP) is 2.36. The van der Waals surface area contributed by atoms with Crippen molar-refractivity contribution in [2.45, 2.75) is 26.1 Å². The zero-order valence-electron chi connectivity index (χ0n) is 11.0. The second-order valence-corrected chi connectivity index (χ2v) is 5.27. The minimum atomic E-state index is -0.654. The number of rotatable bonds is 4. The summed E-state index contributed by atoms with van der Waals surface area (Å²) in [5.74, 6) is 0.408. The van der Waals surface area contributed by atoms with Crippen molar-refractivity contribution in [1.82, 2.24) is 4.90 Å². The van der Waals surface area contributed by atoms with Crippen molar-refractivity contribution in [3.63, 3.8) is 0 Å². The van der Waals surface area contributed by atoms with E-state index in [0.717, 1.165) is 4.47 Å². The van der Waals surface area contributed by atoms with Gasteiger partial charge in [-0.2, -0.15) is 0 Å². The van der Waals surface area contributed by atoms with Crippen LogP contribution in [-0.2, 0) is 4.79 Å². The summed E-state index contributed by atoms with van der Waals surface area (Å²) in [4.78, 5) is 13.2. The Hall–Kier alpha value is -1.07. The summed E-state index contributed by atoms with van der Waals surface area (Å²) in [6.45, 7) is 3.35. The summed E-state index contributed by atoms with van der Waals surface area (Å²) in [5, 5.41) is 9.69. The minimum absolute atomic E-state index is 0.116. The van der Waals surface area contributed by atoms with Crippen LogP contribution in [0.1, 0.15) is 25.5 Å². The molecular formula is C13H18BrNO3. The van der Waals surface area contributed by atoms with Crippen LogP contribution >= 0.6 is 15.9 Å². The molecule has 0 aliphatic rings. The lowest BCUT2D eigenvalue weighted by molar-refractivity contribution is -0.135. The first-order chi connectivity index (χ1) is 8.32. The number of likely N-dealkylation sites (N-methyl/N-ethyl adjacent to an activating group) is 1. The van der Waals surface area contributed by atoms with Crippen molar-refractivity contribution in [3.8, 4) is 5.75 Å². The van der Waals surface area contributed by atoms with Crippen LogP contribution in [0.4, 0.5) is 0 Å². The first-order valence-corrected chi connectivity index (χ1v) is 6.47. The molecule has 1 amide bonds. The van der Waals surface area contributed by atoms with E-state index in [0.29, 0.717) is 11.3 Å². The number of carbonyl (C=O) groups is 1. The van der Waals surface area contributed by atoms with E-state index in [1.165, 1.54) is 4.90 Å². The summed E-state index contributed by atoms with van der Waals surface area (Å²) in [7, 11) is 3.36. The van der Waals surface area contributed by atoms with Gasteiger partial charge in [0.05, 0.1) is 6.10 Å². The largest absolute Gasteiger partial charge is 0.481 e. The van der Waals surface area contributed by atoms with Crippen molar-refractivity contribution in [3.05, 3.63) is 28.2 Å². The SMILES string of the molecule is CC(Oc1ccc(Br)cc1[C@@H](C)O)C(=O)N(C)C. The van der Waals surface area contributed by atoms with Crippen LogP contribution in [0.25, 0.3) is 0 Å². The van der Waals surface area contributed by atoms with Crippen molar-refractivity contribution in [2.24, 2.45) is 0 Å². The van der Waals surface area contributed by atoms with Gasteiger partial charge < -0.3 is 14.7 Å². The van der Waals surface area contributed by atoms with Crippen molar-refractivity contribution < 1.29 is 14.6 Å². The molecule has 1 N–H and O–H groups in total. The second-order valence-electron chi connectivity index (χ2n) is 4.35. The fourth-order valence-corrected chi connectivity index (χ4v) is 1.94. The van der Waals surface area contributed by atoms with Gasteiger partial charge in [0.2, 0.25) is 0 Å². The maximum absolute atomic E-state index is 11.7. The Morgan fingerprint density at radius 2 is 2.00 bits per heavy atom. The van der Waals surface area contributed by atoms with Crippen molar-refractivity contribution in [1.29, 1.82) is 0 Å². The van der Waals surface area contributed by atoms with E-state index < -0.39 is 12.2 Å². The molecule has 1 aromatic carbocycles. The molecule has 2 atom stereocenters. The highest BCUT2D eigenvalue weighted by atomic mass is 79.9. The van der Waals surface area contributed by atoms with Crippen molar-refractivity contribution in [2.75, 3.05) is 14.1 Å². The van der Waals surface area contributed by atoms with E-state index in [-0.39, 0.29) is 5.91 Å². The van der Waals surface area contributed by atoms with Gasteiger partial charge in [0, 0.05) is 24.1 Å². The molecule has 0 aliphatic heterocycles. The fraction of sp³-hybridized carbons (Fsp3) is 0.462. The molecule has 0 saturated heterocycles. The molecule has 1 rings (SSSR count). The van der Waals surface area contributed by atoms with E-state index >= 15 is 0 Å². The number of hydrogen-bond acceptors (Lipinski definition) is 3. The molecule has 0 radical (unpaired) electrons. The lowest BCUT2D eigenvalue weighted by Gasteiger charge is -2.21. The molecule has 4 nitrogen and oxygen atoms in total. The third-order valence-electron chi connectivity index (χ3n) is 2.51. The summed E-state index contributed by atoms with van der Waals surface area (Å²) in [6.07, 6.45) is -1.24. The molecule has 0 fully saturated rings. The molecule has 0 spiro atoms. The van der Waals surface area contributed by atoms with Gasteiger partial charge in [-0.1, -0.05) is 15.9 Å². The molecular weight excluding hydrogens is 298 g/mol. The summed E-state index contributed by atoms with van der Waals surface area (Å²) in [5.41, 5.74) is 0.655. The average molecular weight is 316 g/mol. The maximum atomic E-state index is 11.7. The van der Waals surface area contributed by atoms with Gasteiger partial charge in [-0.25, -0.2) is 0 Å². The number of carbonyl (C=O) groups excluding carboxylic acids is 1. The van der Waals surface area contributed by atoms with E-state index in [1.54, 1.807) is 40.1 Å². The number of hydrogen-bond donors (Lipinski definition) is 1. The fourth-order valence-electron chi connectivity index (χ4n) is 1.56. The lowest BCUT2D eigenvalue weighted by Crippen LogP contribution is -2.35. The molecule has 0 bridgehead atoms. The number of halogens is 1. The van der Waals surface area contributed by atoms with Crippen LogP contribution in [0.3, 0.4) is 0 Å². The summed E-state index contributed by atoms with van der Waals surface area (Å²) < 4.78 is 6.47. The minimum Gasteiger partial charge on any atom is -0.481 e. The van der Waals surface area contributed by atoms with Crippen LogP contribution in [0.15, 0.2) is 22.7 Å². The molecule has 0 saturated carbocycles. The lowest BCUT2D eigenvalue weighted by atomic mass is 10.1. The molecule has 0 aromatic heterocycles. The Morgan fingerprint density at radius 1 is 1.39 bits per heavy atom. The normalized spacial score (nSPS) is 13.9. The first kappa shape index (κ1) is 15.0. The molecule has 1 unspecified atom stereocenters. The molecule has 0 aliphatic carbocycles. The molecule has 0 heterocycles. The van der Waals surface area contributed by atoms with Gasteiger partial charge in [0.1, 0.15) is 5.75 Å². The standard InChI is InChI=1S/C13H18BrNO3/c1-8(16)11-7-10(14)5-6-12(11)18-9(2)13(17)15(3)4/h5-9,16H,1-4H3/t8-,9?/m1/s1. The average Bonchev–Trinajstić information content (AvgIpc) is 2.29. The van der Waals surface area contributed by atoms with Gasteiger partial charge in [0.25, 0.3) is 5.91 Å². The van der Waals surface area contributed by atoms with E-state index in [9.17, 15) is 9.90 Å². The number of nitrogens with zero attached hydrogens (tertiary/aromatic N) is 1. The van der Waals surface area contributed by atoms with Gasteiger partial charge in [0.15, 0.2) is 6.10 Å². The van der Waals surface area contributed by atoms with E-state index in [1.807, 2.05) is 6.07 Å². The highest BCUT2D eigenvalue weighted by molar-refractivity contribution is 9.10. The zero-order valence-corrected chi connectivity index (χ0v) is 12.6.